The molecule has 0 fully saturated rings. The van der Waals surface area contributed by atoms with E-state index in [1.807, 2.05) is 24.3 Å². The molecule has 108 valence electrons. The van der Waals surface area contributed by atoms with Crippen molar-refractivity contribution in [2.45, 2.75) is 32.7 Å². The maximum atomic E-state index is 5.94. The minimum atomic E-state index is 0. The summed E-state index contributed by atoms with van der Waals surface area (Å²) >= 11 is 5.94. The maximum absolute atomic E-state index is 5.94. The topological polar surface area (TPSA) is 36.4 Å². The predicted molar refractivity (Wildman–Crippen MR) is 94.6 cm³/mol. The summed E-state index contributed by atoms with van der Waals surface area (Å²) in [5.74, 6) is 0.839. The number of aliphatic imine (C=N–C) groups is 1. The summed E-state index contributed by atoms with van der Waals surface area (Å²) in [5, 5.41) is 7.33. The maximum Gasteiger partial charge on any atom is 0.191 e. The van der Waals surface area contributed by atoms with Crippen LogP contribution in [-0.2, 0) is 6.54 Å². The Morgan fingerprint density at radius 1 is 1.26 bits per heavy atom. The molecule has 1 aromatic rings. The number of rotatable bonds is 6. The van der Waals surface area contributed by atoms with Crippen molar-refractivity contribution in [2.75, 3.05) is 13.6 Å². The largest absolute Gasteiger partial charge is 0.356 e. The molecule has 1 rings (SSSR count). The number of hydrogen-bond donors (Lipinski definition) is 2. The Kier molecular flexibility index (Phi) is 11.1. The van der Waals surface area contributed by atoms with Crippen LogP contribution >= 0.6 is 35.6 Å². The molecule has 0 aliphatic heterocycles. The van der Waals surface area contributed by atoms with Gasteiger partial charge in [0, 0.05) is 25.2 Å². The zero-order chi connectivity index (χ0) is 13.2. The molecule has 0 bridgehead atoms. The summed E-state index contributed by atoms with van der Waals surface area (Å²) in [4.78, 5) is 4.18. The Labute approximate surface area is 138 Å². The standard InChI is InChI=1S/C14H22ClN3.HI/c1-3-4-5-9-17-14(16-2)18-11-12-7-6-8-13(15)10-12;/h6-8,10H,3-5,9,11H2,1-2H3,(H2,16,17,18);1H. The van der Waals surface area contributed by atoms with Gasteiger partial charge in [-0.25, -0.2) is 0 Å². The first-order chi connectivity index (χ1) is 8.76. The minimum Gasteiger partial charge on any atom is -0.356 e. The zero-order valence-corrected chi connectivity index (χ0v) is 14.7. The Bertz CT molecular complexity index is 383. The third-order valence-corrected chi connectivity index (χ3v) is 2.88. The van der Waals surface area contributed by atoms with Gasteiger partial charge in [-0.2, -0.15) is 0 Å². The van der Waals surface area contributed by atoms with Crippen LogP contribution in [0.5, 0.6) is 0 Å². The highest BCUT2D eigenvalue weighted by Gasteiger charge is 1.98. The van der Waals surface area contributed by atoms with E-state index in [1.54, 1.807) is 7.05 Å². The summed E-state index contributed by atoms with van der Waals surface area (Å²) in [6, 6.07) is 7.84. The van der Waals surface area contributed by atoms with Gasteiger partial charge >= 0.3 is 0 Å². The van der Waals surface area contributed by atoms with E-state index in [1.165, 1.54) is 19.3 Å². The number of nitrogens with zero attached hydrogens (tertiary/aromatic N) is 1. The van der Waals surface area contributed by atoms with Crippen LogP contribution in [0.15, 0.2) is 29.3 Å². The second kappa shape index (κ2) is 11.3. The second-order valence-electron chi connectivity index (χ2n) is 4.19. The third kappa shape index (κ3) is 8.31. The van der Waals surface area contributed by atoms with Crippen LogP contribution in [0.4, 0.5) is 0 Å². The monoisotopic (exact) mass is 395 g/mol. The molecule has 0 aliphatic carbocycles. The Hall–Kier alpha value is -0.490. The first-order valence-electron chi connectivity index (χ1n) is 6.45. The second-order valence-corrected chi connectivity index (χ2v) is 4.63. The van der Waals surface area contributed by atoms with Crippen LogP contribution in [0.3, 0.4) is 0 Å². The van der Waals surface area contributed by atoms with Crippen LogP contribution in [0.2, 0.25) is 5.02 Å². The molecular weight excluding hydrogens is 373 g/mol. The van der Waals surface area contributed by atoms with Crippen molar-refractivity contribution in [1.82, 2.24) is 10.6 Å². The molecular formula is C14H23ClIN3. The highest BCUT2D eigenvalue weighted by atomic mass is 127. The number of hydrogen-bond acceptors (Lipinski definition) is 1. The first-order valence-corrected chi connectivity index (χ1v) is 6.83. The summed E-state index contributed by atoms with van der Waals surface area (Å²) in [6.45, 7) is 3.89. The van der Waals surface area contributed by atoms with E-state index < -0.39 is 0 Å². The van der Waals surface area contributed by atoms with Gasteiger partial charge < -0.3 is 10.6 Å². The first kappa shape index (κ1) is 18.5. The molecule has 0 amide bonds. The molecule has 0 unspecified atom stereocenters. The van der Waals surface area contributed by atoms with Gasteiger partial charge in [0.25, 0.3) is 0 Å². The van der Waals surface area contributed by atoms with Gasteiger partial charge in [-0.3, -0.25) is 4.99 Å². The van der Waals surface area contributed by atoms with E-state index in [2.05, 4.69) is 22.5 Å². The fraction of sp³-hybridized carbons (Fsp3) is 0.500. The van der Waals surface area contributed by atoms with Gasteiger partial charge in [-0.1, -0.05) is 43.5 Å². The van der Waals surface area contributed by atoms with E-state index in [9.17, 15) is 0 Å². The number of benzene rings is 1. The molecule has 2 N–H and O–H groups in total. The minimum absolute atomic E-state index is 0. The van der Waals surface area contributed by atoms with E-state index in [-0.39, 0.29) is 24.0 Å². The van der Waals surface area contributed by atoms with E-state index in [4.69, 9.17) is 11.6 Å². The van der Waals surface area contributed by atoms with Crippen molar-refractivity contribution in [3.05, 3.63) is 34.9 Å². The van der Waals surface area contributed by atoms with Crippen molar-refractivity contribution in [1.29, 1.82) is 0 Å². The van der Waals surface area contributed by atoms with Crippen LogP contribution < -0.4 is 10.6 Å². The van der Waals surface area contributed by atoms with Gasteiger partial charge in [0.1, 0.15) is 0 Å². The van der Waals surface area contributed by atoms with Crippen molar-refractivity contribution < 1.29 is 0 Å². The lowest BCUT2D eigenvalue weighted by molar-refractivity contribution is 0.683. The Morgan fingerprint density at radius 2 is 2.05 bits per heavy atom. The predicted octanol–water partition coefficient (Wildman–Crippen LogP) is 3.81. The van der Waals surface area contributed by atoms with Crippen LogP contribution in [0, 0.1) is 0 Å². The van der Waals surface area contributed by atoms with E-state index in [0.717, 1.165) is 29.6 Å². The van der Waals surface area contributed by atoms with Gasteiger partial charge in [-0.05, 0) is 24.1 Å². The normalized spacial score (nSPS) is 10.8. The highest BCUT2D eigenvalue weighted by Crippen LogP contribution is 2.10. The summed E-state index contributed by atoms with van der Waals surface area (Å²) in [6.07, 6.45) is 3.66. The van der Waals surface area contributed by atoms with Crippen molar-refractivity contribution in [3.63, 3.8) is 0 Å². The van der Waals surface area contributed by atoms with E-state index >= 15 is 0 Å². The van der Waals surface area contributed by atoms with Crippen molar-refractivity contribution in [2.24, 2.45) is 4.99 Å². The van der Waals surface area contributed by atoms with Crippen molar-refractivity contribution in [3.8, 4) is 0 Å². The van der Waals surface area contributed by atoms with Gasteiger partial charge in [0.05, 0.1) is 0 Å². The van der Waals surface area contributed by atoms with Crippen LogP contribution in [0.1, 0.15) is 31.7 Å². The quantitative estimate of drug-likeness (QED) is 0.332. The molecule has 0 aromatic heterocycles. The lowest BCUT2D eigenvalue weighted by atomic mass is 10.2. The molecule has 5 heteroatoms. The molecule has 0 spiro atoms. The van der Waals surface area contributed by atoms with Gasteiger partial charge in [0.15, 0.2) is 5.96 Å². The average Bonchev–Trinajstić information content (AvgIpc) is 2.38. The fourth-order valence-corrected chi connectivity index (χ4v) is 1.85. The molecule has 0 aliphatic rings. The number of halogens is 2. The molecule has 0 radical (unpaired) electrons. The number of unbranched alkanes of at least 4 members (excludes halogenated alkanes) is 2. The van der Waals surface area contributed by atoms with Crippen LogP contribution in [-0.4, -0.2) is 19.6 Å². The summed E-state index contributed by atoms with van der Waals surface area (Å²) in [5.41, 5.74) is 1.15. The summed E-state index contributed by atoms with van der Waals surface area (Å²) in [7, 11) is 1.78. The SMILES string of the molecule is CCCCCNC(=NC)NCc1cccc(Cl)c1.I. The third-order valence-electron chi connectivity index (χ3n) is 2.65. The number of guanidine groups is 1. The Morgan fingerprint density at radius 3 is 2.68 bits per heavy atom. The molecule has 0 heterocycles. The lowest BCUT2D eigenvalue weighted by Gasteiger charge is -2.11. The molecule has 0 saturated carbocycles. The average molecular weight is 396 g/mol. The molecule has 19 heavy (non-hydrogen) atoms. The molecule has 0 atom stereocenters. The highest BCUT2D eigenvalue weighted by molar-refractivity contribution is 14.0. The fourth-order valence-electron chi connectivity index (χ4n) is 1.64. The van der Waals surface area contributed by atoms with Gasteiger partial charge in [-0.15, -0.1) is 24.0 Å². The zero-order valence-electron chi connectivity index (χ0n) is 11.6. The number of nitrogens with one attached hydrogen (secondary N) is 2. The lowest BCUT2D eigenvalue weighted by Crippen LogP contribution is -2.37. The molecule has 3 nitrogen and oxygen atoms in total. The van der Waals surface area contributed by atoms with Crippen molar-refractivity contribution >= 4 is 41.5 Å². The van der Waals surface area contributed by atoms with E-state index in [0.29, 0.717) is 0 Å². The van der Waals surface area contributed by atoms with Gasteiger partial charge in [0.2, 0.25) is 0 Å². The van der Waals surface area contributed by atoms with Crippen LogP contribution in [0.25, 0.3) is 0 Å². The summed E-state index contributed by atoms with van der Waals surface area (Å²) < 4.78 is 0. The molecule has 1 aromatic carbocycles. The Balaban J connectivity index is 0.00000324. The smallest absolute Gasteiger partial charge is 0.191 e. The molecule has 0 saturated heterocycles.